The molecule has 0 aliphatic rings. The Morgan fingerprint density at radius 3 is 2.53 bits per heavy atom. The van der Waals surface area contributed by atoms with E-state index in [0.29, 0.717) is 16.2 Å². The van der Waals surface area contributed by atoms with Crippen LogP contribution in [0.4, 0.5) is 13.2 Å². The van der Waals surface area contributed by atoms with Gasteiger partial charge in [-0.1, -0.05) is 0 Å². The predicted octanol–water partition coefficient (Wildman–Crippen LogP) is 2.37. The Labute approximate surface area is 103 Å². The van der Waals surface area contributed by atoms with Crippen LogP contribution in [0.3, 0.4) is 0 Å². The van der Waals surface area contributed by atoms with Crippen LogP contribution in [0, 0.1) is 0 Å². The molecular weight excluding hydrogens is 251 g/mol. The van der Waals surface area contributed by atoms with E-state index in [0.717, 1.165) is 13.0 Å². The molecule has 17 heavy (non-hydrogen) atoms. The van der Waals surface area contributed by atoms with E-state index < -0.39 is 11.2 Å². The van der Waals surface area contributed by atoms with Crippen molar-refractivity contribution in [2.75, 3.05) is 27.7 Å². The Morgan fingerprint density at radius 2 is 2.12 bits per heavy atom. The molecule has 1 aromatic heterocycles. The van der Waals surface area contributed by atoms with Gasteiger partial charge in [0.05, 0.1) is 0 Å². The summed E-state index contributed by atoms with van der Waals surface area (Å²) >= 11 is 0.707. The molecule has 0 radical (unpaired) electrons. The molecule has 0 aromatic carbocycles. The summed E-state index contributed by atoms with van der Waals surface area (Å²) in [7, 11) is 5.61. The third-order valence-electron chi connectivity index (χ3n) is 2.32. The minimum absolute atomic E-state index is 0.0778. The lowest BCUT2D eigenvalue weighted by Crippen LogP contribution is -2.22. The molecule has 1 aromatic rings. The van der Waals surface area contributed by atoms with Gasteiger partial charge in [0.15, 0.2) is 5.01 Å². The fourth-order valence-electron chi connectivity index (χ4n) is 1.39. The van der Waals surface area contributed by atoms with Crippen LogP contribution < -0.4 is 5.32 Å². The second-order valence-corrected chi connectivity index (χ2v) is 5.06. The van der Waals surface area contributed by atoms with Crippen molar-refractivity contribution in [2.24, 2.45) is 0 Å². The van der Waals surface area contributed by atoms with E-state index in [9.17, 15) is 13.2 Å². The van der Waals surface area contributed by atoms with Crippen LogP contribution in [-0.2, 0) is 6.18 Å². The van der Waals surface area contributed by atoms with Gasteiger partial charge in [-0.3, -0.25) is 0 Å². The quantitative estimate of drug-likeness (QED) is 0.887. The lowest BCUT2D eigenvalue weighted by Gasteiger charge is -2.16. The molecule has 98 valence electrons. The molecular formula is C10H16F3N3S. The van der Waals surface area contributed by atoms with Gasteiger partial charge in [-0.2, -0.15) is 13.2 Å². The predicted molar refractivity (Wildman–Crippen MR) is 62.1 cm³/mol. The Balaban J connectivity index is 2.72. The van der Waals surface area contributed by atoms with E-state index in [-0.39, 0.29) is 6.04 Å². The Hall–Kier alpha value is -0.660. The van der Waals surface area contributed by atoms with Crippen LogP contribution in [0.25, 0.3) is 0 Å². The molecule has 1 heterocycles. The topological polar surface area (TPSA) is 28.2 Å². The number of halogens is 3. The first-order valence-electron chi connectivity index (χ1n) is 5.19. The molecule has 1 rings (SSSR count). The Morgan fingerprint density at radius 1 is 1.47 bits per heavy atom. The maximum atomic E-state index is 12.4. The molecule has 3 nitrogen and oxygen atoms in total. The number of hydrogen-bond donors (Lipinski definition) is 1. The Kier molecular flexibility index (Phi) is 4.91. The molecule has 0 bridgehead atoms. The zero-order valence-electron chi connectivity index (χ0n) is 10.0. The van der Waals surface area contributed by atoms with Crippen LogP contribution in [0.1, 0.15) is 22.3 Å². The van der Waals surface area contributed by atoms with Crippen LogP contribution >= 0.6 is 11.3 Å². The molecule has 1 unspecified atom stereocenters. The van der Waals surface area contributed by atoms with E-state index in [2.05, 4.69) is 10.3 Å². The average molecular weight is 267 g/mol. The van der Waals surface area contributed by atoms with Gasteiger partial charge in [-0.25, -0.2) is 4.98 Å². The van der Waals surface area contributed by atoms with Crippen LogP contribution in [0.2, 0.25) is 0 Å². The smallest absolute Gasteiger partial charge is 0.312 e. The second-order valence-electron chi connectivity index (χ2n) is 4.00. The highest BCUT2D eigenvalue weighted by atomic mass is 32.1. The van der Waals surface area contributed by atoms with Gasteiger partial charge in [0.25, 0.3) is 0 Å². The summed E-state index contributed by atoms with van der Waals surface area (Å²) in [6.45, 7) is 0.810. The van der Waals surface area contributed by atoms with Crippen molar-refractivity contribution in [3.63, 3.8) is 0 Å². The third kappa shape index (κ3) is 4.25. The summed E-state index contributed by atoms with van der Waals surface area (Å²) in [5, 5.41) is 2.23. The van der Waals surface area contributed by atoms with Crippen molar-refractivity contribution in [3.8, 4) is 0 Å². The number of thiazole rings is 1. The van der Waals surface area contributed by atoms with Crippen molar-refractivity contribution in [1.29, 1.82) is 0 Å². The fraction of sp³-hybridized carbons (Fsp3) is 0.700. The Bertz CT molecular complexity index is 349. The maximum Gasteiger partial charge on any atom is 0.443 e. The molecule has 0 aliphatic heterocycles. The molecule has 7 heteroatoms. The van der Waals surface area contributed by atoms with Crippen molar-refractivity contribution < 1.29 is 13.2 Å². The number of hydrogen-bond acceptors (Lipinski definition) is 4. The van der Waals surface area contributed by atoms with Crippen molar-refractivity contribution >= 4 is 11.3 Å². The number of nitrogens with one attached hydrogen (secondary N) is 1. The molecule has 0 saturated heterocycles. The molecule has 1 atom stereocenters. The zero-order chi connectivity index (χ0) is 13.1. The lowest BCUT2D eigenvalue weighted by molar-refractivity contribution is -0.137. The fourth-order valence-corrected chi connectivity index (χ4v) is 2.32. The molecule has 0 fully saturated rings. The molecule has 0 amide bonds. The minimum atomic E-state index is -4.34. The lowest BCUT2D eigenvalue weighted by atomic mass is 10.2. The highest BCUT2D eigenvalue weighted by Gasteiger charge is 2.35. The molecule has 1 N–H and O–H groups in total. The van der Waals surface area contributed by atoms with Gasteiger partial charge < -0.3 is 10.2 Å². The minimum Gasteiger partial charge on any atom is -0.312 e. The maximum absolute atomic E-state index is 12.4. The van der Waals surface area contributed by atoms with Crippen LogP contribution in [0.15, 0.2) is 6.20 Å². The monoisotopic (exact) mass is 267 g/mol. The normalized spacial score (nSPS) is 14.3. The average Bonchev–Trinajstić information content (AvgIpc) is 2.67. The van der Waals surface area contributed by atoms with Crippen molar-refractivity contribution in [1.82, 2.24) is 15.2 Å². The first-order chi connectivity index (χ1) is 7.84. The van der Waals surface area contributed by atoms with Gasteiger partial charge in [0.2, 0.25) is 0 Å². The highest BCUT2D eigenvalue weighted by molar-refractivity contribution is 7.11. The van der Waals surface area contributed by atoms with Gasteiger partial charge in [-0.05, 0) is 34.1 Å². The third-order valence-corrected chi connectivity index (χ3v) is 3.48. The summed E-state index contributed by atoms with van der Waals surface area (Å²) in [6, 6.07) is -0.0778. The summed E-state index contributed by atoms with van der Waals surface area (Å²) in [6.07, 6.45) is -2.28. The van der Waals surface area contributed by atoms with Gasteiger partial charge in [0.1, 0.15) is 0 Å². The number of aromatic nitrogens is 1. The van der Waals surface area contributed by atoms with Crippen LogP contribution in [0.5, 0.6) is 0 Å². The first kappa shape index (κ1) is 14.4. The van der Waals surface area contributed by atoms with Crippen molar-refractivity contribution in [2.45, 2.75) is 18.6 Å². The highest BCUT2D eigenvalue weighted by Crippen LogP contribution is 2.34. The van der Waals surface area contributed by atoms with Gasteiger partial charge in [-0.15, -0.1) is 11.3 Å². The largest absolute Gasteiger partial charge is 0.443 e. The standard InChI is InChI=1S/C10H16F3N3S/c1-14-7(4-5-16(2)3)8-6-15-9(17-8)10(11,12)13/h6-7,14H,4-5H2,1-3H3. The van der Waals surface area contributed by atoms with Gasteiger partial charge in [0, 0.05) is 17.1 Å². The summed E-state index contributed by atoms with van der Waals surface area (Å²) in [4.78, 5) is 6.05. The van der Waals surface area contributed by atoms with E-state index in [1.807, 2.05) is 19.0 Å². The van der Waals surface area contributed by atoms with Gasteiger partial charge >= 0.3 is 6.18 Å². The summed E-state index contributed by atoms with van der Waals surface area (Å²) < 4.78 is 37.2. The number of alkyl halides is 3. The van der Waals surface area contributed by atoms with E-state index in [1.165, 1.54) is 6.20 Å². The number of rotatable bonds is 5. The second kappa shape index (κ2) is 5.79. The summed E-state index contributed by atoms with van der Waals surface area (Å²) in [5.41, 5.74) is 0. The zero-order valence-corrected chi connectivity index (χ0v) is 10.8. The molecule has 0 aliphatic carbocycles. The SMILES string of the molecule is CNC(CCN(C)C)c1cnc(C(F)(F)F)s1. The summed E-state index contributed by atoms with van der Waals surface area (Å²) in [5.74, 6) is 0. The van der Waals surface area contributed by atoms with Crippen molar-refractivity contribution in [3.05, 3.63) is 16.1 Å². The van der Waals surface area contributed by atoms with Crippen LogP contribution in [-0.4, -0.2) is 37.6 Å². The van der Waals surface area contributed by atoms with E-state index >= 15 is 0 Å². The molecule has 0 spiro atoms. The first-order valence-corrected chi connectivity index (χ1v) is 6.01. The van der Waals surface area contributed by atoms with E-state index in [1.54, 1.807) is 7.05 Å². The molecule has 0 saturated carbocycles. The number of nitrogens with zero attached hydrogens (tertiary/aromatic N) is 2. The van der Waals surface area contributed by atoms with E-state index in [4.69, 9.17) is 0 Å².